The van der Waals surface area contributed by atoms with Crippen LogP contribution in [0.4, 0.5) is 0 Å². The van der Waals surface area contributed by atoms with Crippen molar-refractivity contribution in [3.63, 3.8) is 0 Å². The lowest BCUT2D eigenvalue weighted by molar-refractivity contribution is 0.110. The molecule has 1 aliphatic heterocycles. The molecule has 0 unspecified atom stereocenters. The fourth-order valence-corrected chi connectivity index (χ4v) is 2.39. The highest BCUT2D eigenvalue weighted by Crippen LogP contribution is 2.32. The van der Waals surface area contributed by atoms with Crippen molar-refractivity contribution in [2.24, 2.45) is 5.92 Å². The molecule has 1 N–H and O–H groups in total. The van der Waals surface area contributed by atoms with Gasteiger partial charge in [0, 0.05) is 0 Å². The van der Waals surface area contributed by atoms with Crippen molar-refractivity contribution in [3.8, 4) is 0 Å². The lowest BCUT2D eigenvalue weighted by Gasteiger charge is -2.26. The van der Waals surface area contributed by atoms with Crippen LogP contribution in [-0.4, -0.2) is 12.4 Å². The van der Waals surface area contributed by atoms with E-state index in [1.807, 2.05) is 12.1 Å². The highest BCUT2D eigenvalue weighted by atomic mass is 16.3. The minimum atomic E-state index is -0.276. The number of aryl methyl sites for hydroxylation is 1. The van der Waals surface area contributed by atoms with Gasteiger partial charge in [-0.25, -0.2) is 0 Å². The van der Waals surface area contributed by atoms with Crippen molar-refractivity contribution in [2.45, 2.75) is 38.5 Å². The summed E-state index contributed by atoms with van der Waals surface area (Å²) in [6.07, 6.45) is 4.40. The first-order valence-electron chi connectivity index (χ1n) is 5.83. The lowest BCUT2D eigenvalue weighted by Crippen LogP contribution is -2.18. The van der Waals surface area contributed by atoms with E-state index in [0.29, 0.717) is 5.92 Å². The molecule has 1 heterocycles. The minimum absolute atomic E-state index is 0.276. The van der Waals surface area contributed by atoms with E-state index in [1.54, 1.807) is 0 Å². The van der Waals surface area contributed by atoms with E-state index in [1.165, 1.54) is 18.3 Å². The van der Waals surface area contributed by atoms with Crippen LogP contribution < -0.4 is 0 Å². The standard InChI is InChI=1S/C13H18BO/c1-10-4-2-5-11(8-10)13(15)12-6-3-7-14-9-12/h2,4-5,8,12-13,15H,3,6-7,9H2,1H3/t12-,13-/m1/s1. The summed E-state index contributed by atoms with van der Waals surface area (Å²) in [6.45, 7) is 2.07. The molecular formula is C13H18BO. The highest BCUT2D eigenvalue weighted by Gasteiger charge is 2.23. The summed E-state index contributed by atoms with van der Waals surface area (Å²) in [5, 5.41) is 10.2. The van der Waals surface area contributed by atoms with Crippen LogP contribution in [0.3, 0.4) is 0 Å². The van der Waals surface area contributed by atoms with Gasteiger partial charge in [0.05, 0.1) is 6.10 Å². The lowest BCUT2D eigenvalue weighted by atomic mass is 9.59. The zero-order valence-corrected chi connectivity index (χ0v) is 9.32. The van der Waals surface area contributed by atoms with Crippen molar-refractivity contribution in [1.82, 2.24) is 0 Å². The van der Waals surface area contributed by atoms with Crippen molar-refractivity contribution in [2.75, 3.05) is 0 Å². The molecule has 0 amide bonds. The van der Waals surface area contributed by atoms with Gasteiger partial charge in [-0.05, 0) is 24.8 Å². The molecule has 0 aromatic heterocycles. The van der Waals surface area contributed by atoms with Crippen molar-refractivity contribution in [1.29, 1.82) is 0 Å². The number of benzene rings is 1. The van der Waals surface area contributed by atoms with Crippen LogP contribution >= 0.6 is 0 Å². The molecule has 1 radical (unpaired) electrons. The van der Waals surface area contributed by atoms with Gasteiger partial charge in [-0.3, -0.25) is 0 Å². The Bertz CT molecular complexity index is 318. The first-order valence-corrected chi connectivity index (χ1v) is 5.83. The molecule has 2 rings (SSSR count). The third-order valence-corrected chi connectivity index (χ3v) is 3.28. The number of aliphatic hydroxyl groups excluding tert-OH is 1. The van der Waals surface area contributed by atoms with Gasteiger partial charge < -0.3 is 5.11 Å². The summed E-state index contributed by atoms with van der Waals surface area (Å²) in [7, 11) is 2.31. The fraction of sp³-hybridized carbons (Fsp3) is 0.538. The zero-order valence-electron chi connectivity index (χ0n) is 9.32. The van der Waals surface area contributed by atoms with Gasteiger partial charge in [0.15, 0.2) is 0 Å². The molecule has 2 atom stereocenters. The first kappa shape index (κ1) is 10.8. The maximum atomic E-state index is 10.2. The topological polar surface area (TPSA) is 20.2 Å². The molecule has 0 saturated carbocycles. The molecule has 1 saturated heterocycles. The maximum Gasteiger partial charge on any atom is 0.109 e. The Kier molecular flexibility index (Phi) is 3.47. The number of hydrogen-bond donors (Lipinski definition) is 1. The molecule has 1 fully saturated rings. The molecular weight excluding hydrogens is 183 g/mol. The molecule has 0 aliphatic carbocycles. The van der Waals surface area contributed by atoms with E-state index in [0.717, 1.165) is 18.3 Å². The predicted octanol–water partition coefficient (Wildman–Crippen LogP) is 2.98. The van der Waals surface area contributed by atoms with Gasteiger partial charge in [0.1, 0.15) is 7.28 Å². The molecule has 0 spiro atoms. The van der Waals surface area contributed by atoms with Crippen LogP contribution in [-0.2, 0) is 0 Å². The van der Waals surface area contributed by atoms with Gasteiger partial charge in [-0.1, -0.05) is 48.9 Å². The molecule has 1 aromatic carbocycles. The summed E-state index contributed by atoms with van der Waals surface area (Å²) >= 11 is 0. The van der Waals surface area contributed by atoms with E-state index in [4.69, 9.17) is 0 Å². The third kappa shape index (κ3) is 2.63. The Morgan fingerprint density at radius 2 is 2.33 bits per heavy atom. The van der Waals surface area contributed by atoms with Crippen molar-refractivity contribution < 1.29 is 5.11 Å². The van der Waals surface area contributed by atoms with E-state index in [9.17, 15) is 5.11 Å². The van der Waals surface area contributed by atoms with Crippen LogP contribution in [0.15, 0.2) is 24.3 Å². The van der Waals surface area contributed by atoms with E-state index < -0.39 is 0 Å². The minimum Gasteiger partial charge on any atom is -0.388 e. The second-order valence-corrected chi connectivity index (χ2v) is 4.57. The van der Waals surface area contributed by atoms with Gasteiger partial charge in [-0.2, -0.15) is 0 Å². The van der Waals surface area contributed by atoms with E-state index in [2.05, 4.69) is 26.3 Å². The molecule has 15 heavy (non-hydrogen) atoms. The zero-order chi connectivity index (χ0) is 10.7. The summed E-state index contributed by atoms with van der Waals surface area (Å²) in [6, 6.07) is 8.23. The van der Waals surface area contributed by atoms with Crippen LogP contribution in [0.2, 0.25) is 12.6 Å². The second kappa shape index (κ2) is 4.85. The summed E-state index contributed by atoms with van der Waals surface area (Å²) < 4.78 is 0. The Balaban J connectivity index is 2.08. The normalized spacial score (nSPS) is 23.2. The Morgan fingerprint density at radius 1 is 1.47 bits per heavy atom. The van der Waals surface area contributed by atoms with Gasteiger partial charge in [-0.15, -0.1) is 0 Å². The first-order chi connectivity index (χ1) is 7.27. The number of hydrogen-bond acceptors (Lipinski definition) is 1. The maximum absolute atomic E-state index is 10.2. The summed E-state index contributed by atoms with van der Waals surface area (Å²) in [5.41, 5.74) is 2.31. The number of aliphatic hydroxyl groups is 1. The van der Waals surface area contributed by atoms with Crippen LogP contribution in [0.1, 0.15) is 30.1 Å². The molecule has 2 heteroatoms. The SMILES string of the molecule is Cc1cccc([C@@H](O)[C@H]2C[B]CCC2)c1. The second-order valence-electron chi connectivity index (χ2n) is 4.57. The van der Waals surface area contributed by atoms with Gasteiger partial charge >= 0.3 is 0 Å². The van der Waals surface area contributed by atoms with E-state index >= 15 is 0 Å². The smallest absolute Gasteiger partial charge is 0.109 e. The Hall–Kier alpha value is -0.755. The summed E-state index contributed by atoms with van der Waals surface area (Å²) in [5.74, 6) is 0.431. The van der Waals surface area contributed by atoms with Crippen LogP contribution in [0, 0.1) is 12.8 Å². The fourth-order valence-electron chi connectivity index (χ4n) is 2.39. The monoisotopic (exact) mass is 201 g/mol. The molecule has 0 bridgehead atoms. The van der Waals surface area contributed by atoms with Crippen molar-refractivity contribution in [3.05, 3.63) is 35.4 Å². The van der Waals surface area contributed by atoms with E-state index in [-0.39, 0.29) is 6.10 Å². The quantitative estimate of drug-likeness (QED) is 0.729. The van der Waals surface area contributed by atoms with Crippen LogP contribution in [0.5, 0.6) is 0 Å². The largest absolute Gasteiger partial charge is 0.388 e. The highest BCUT2D eigenvalue weighted by molar-refractivity contribution is 6.35. The van der Waals surface area contributed by atoms with Gasteiger partial charge in [0.2, 0.25) is 0 Å². The predicted molar refractivity (Wildman–Crippen MR) is 64.2 cm³/mol. The average Bonchev–Trinajstić information content (AvgIpc) is 2.29. The molecule has 1 aliphatic rings. The molecule has 1 aromatic rings. The Labute approximate surface area is 92.8 Å². The third-order valence-electron chi connectivity index (χ3n) is 3.28. The Morgan fingerprint density at radius 3 is 3.00 bits per heavy atom. The molecule has 1 nitrogen and oxygen atoms in total. The summed E-state index contributed by atoms with van der Waals surface area (Å²) in [4.78, 5) is 0. The molecule has 79 valence electrons. The van der Waals surface area contributed by atoms with Crippen molar-refractivity contribution >= 4 is 7.28 Å². The number of rotatable bonds is 2. The van der Waals surface area contributed by atoms with Crippen LogP contribution in [0.25, 0.3) is 0 Å². The average molecular weight is 201 g/mol. The van der Waals surface area contributed by atoms with Gasteiger partial charge in [0.25, 0.3) is 0 Å².